The van der Waals surface area contributed by atoms with Gasteiger partial charge in [-0.25, -0.2) is 4.79 Å². The van der Waals surface area contributed by atoms with Gasteiger partial charge in [0.2, 0.25) is 11.8 Å². The van der Waals surface area contributed by atoms with E-state index in [1.807, 2.05) is 0 Å². The summed E-state index contributed by atoms with van der Waals surface area (Å²) in [6.45, 7) is 4.47. The molecule has 0 atom stereocenters. The van der Waals surface area contributed by atoms with E-state index in [0.29, 0.717) is 39.3 Å². The molecular weight excluding hydrogens is 322 g/mol. The Balaban J connectivity index is 1.63. The van der Waals surface area contributed by atoms with Crippen molar-refractivity contribution in [2.24, 2.45) is 0 Å². The molecule has 1 aliphatic heterocycles. The number of hydrogen-bond donors (Lipinski definition) is 1. The van der Waals surface area contributed by atoms with Gasteiger partial charge in [-0.1, -0.05) is 11.6 Å². The highest BCUT2D eigenvalue weighted by atomic mass is 16.6. The van der Waals surface area contributed by atoms with Crippen LogP contribution in [-0.2, 0) is 14.3 Å². The molecule has 1 saturated heterocycles. The van der Waals surface area contributed by atoms with Gasteiger partial charge in [0.25, 0.3) is 0 Å². The van der Waals surface area contributed by atoms with Crippen LogP contribution < -0.4 is 5.32 Å². The molecule has 1 aliphatic carbocycles. The second kappa shape index (κ2) is 10.1. The maximum Gasteiger partial charge on any atom is 0.409 e. The fraction of sp³-hybridized carbons (Fsp3) is 0.722. The summed E-state index contributed by atoms with van der Waals surface area (Å²) in [4.78, 5) is 39.0. The normalized spacial score (nSPS) is 17.7. The predicted octanol–water partition coefficient (Wildman–Crippen LogP) is 1.68. The third-order valence-corrected chi connectivity index (χ3v) is 4.62. The van der Waals surface area contributed by atoms with Crippen molar-refractivity contribution in [2.75, 3.05) is 39.3 Å². The number of nitrogens with one attached hydrogen (secondary N) is 1. The zero-order chi connectivity index (χ0) is 18.1. The minimum atomic E-state index is -0.343. The average molecular weight is 351 g/mol. The van der Waals surface area contributed by atoms with Gasteiger partial charge in [-0.15, -0.1) is 0 Å². The molecule has 2 aliphatic rings. The Morgan fingerprint density at radius 2 is 1.84 bits per heavy atom. The number of piperazine rings is 1. The van der Waals surface area contributed by atoms with Crippen LogP contribution in [0.2, 0.25) is 0 Å². The molecule has 0 aromatic rings. The van der Waals surface area contributed by atoms with Gasteiger partial charge in [-0.3, -0.25) is 9.59 Å². The van der Waals surface area contributed by atoms with Gasteiger partial charge >= 0.3 is 6.09 Å². The molecule has 25 heavy (non-hydrogen) atoms. The smallest absolute Gasteiger partial charge is 0.409 e. The van der Waals surface area contributed by atoms with E-state index in [4.69, 9.17) is 4.74 Å². The number of rotatable bonds is 6. The van der Waals surface area contributed by atoms with Crippen LogP contribution in [0.3, 0.4) is 0 Å². The molecule has 0 aromatic heterocycles. The fourth-order valence-corrected chi connectivity index (χ4v) is 3.16. The summed E-state index contributed by atoms with van der Waals surface area (Å²) in [5.74, 6) is -0.410. The molecule has 0 radical (unpaired) electrons. The van der Waals surface area contributed by atoms with Crippen LogP contribution in [0.25, 0.3) is 0 Å². The molecule has 0 saturated carbocycles. The summed E-state index contributed by atoms with van der Waals surface area (Å²) >= 11 is 0. The number of carbonyl (C=O) groups is 3. The van der Waals surface area contributed by atoms with Crippen molar-refractivity contribution in [1.29, 1.82) is 0 Å². The lowest BCUT2D eigenvalue weighted by molar-refractivity contribution is -0.137. The van der Waals surface area contributed by atoms with Gasteiger partial charge in [0.05, 0.1) is 6.61 Å². The first-order valence-corrected chi connectivity index (χ1v) is 9.24. The third-order valence-electron chi connectivity index (χ3n) is 4.62. The van der Waals surface area contributed by atoms with Gasteiger partial charge in [0.15, 0.2) is 0 Å². The van der Waals surface area contributed by atoms with E-state index in [9.17, 15) is 14.4 Å². The highest BCUT2D eigenvalue weighted by Crippen LogP contribution is 2.19. The summed E-state index contributed by atoms with van der Waals surface area (Å²) in [6, 6.07) is 0. The lowest BCUT2D eigenvalue weighted by Gasteiger charge is -2.34. The Bertz CT molecular complexity index is 510. The molecule has 2 rings (SSSR count). The van der Waals surface area contributed by atoms with E-state index >= 15 is 0 Å². The van der Waals surface area contributed by atoms with Gasteiger partial charge in [-0.2, -0.15) is 0 Å². The first-order chi connectivity index (χ1) is 12.1. The molecule has 1 heterocycles. The van der Waals surface area contributed by atoms with E-state index in [0.717, 1.165) is 19.3 Å². The van der Waals surface area contributed by atoms with E-state index in [1.54, 1.807) is 16.7 Å². The number of nitrogens with zero attached hydrogens (tertiary/aromatic N) is 2. The van der Waals surface area contributed by atoms with E-state index in [-0.39, 0.29) is 24.3 Å². The van der Waals surface area contributed by atoms with Crippen LogP contribution in [0.4, 0.5) is 4.79 Å². The van der Waals surface area contributed by atoms with Crippen molar-refractivity contribution in [3.8, 4) is 0 Å². The second-order valence-electron chi connectivity index (χ2n) is 6.45. The lowest BCUT2D eigenvalue weighted by Crippen LogP contribution is -2.51. The predicted molar refractivity (Wildman–Crippen MR) is 94.0 cm³/mol. The molecule has 140 valence electrons. The molecule has 0 bridgehead atoms. The van der Waals surface area contributed by atoms with Gasteiger partial charge < -0.3 is 19.9 Å². The van der Waals surface area contributed by atoms with E-state index in [2.05, 4.69) is 11.4 Å². The van der Waals surface area contributed by atoms with Crippen molar-refractivity contribution < 1.29 is 19.1 Å². The van der Waals surface area contributed by atoms with Crippen molar-refractivity contribution in [1.82, 2.24) is 15.1 Å². The quantitative estimate of drug-likeness (QED) is 0.583. The van der Waals surface area contributed by atoms with Gasteiger partial charge in [0.1, 0.15) is 6.42 Å². The van der Waals surface area contributed by atoms with Crippen LogP contribution in [0.15, 0.2) is 11.6 Å². The monoisotopic (exact) mass is 351 g/mol. The molecule has 7 heteroatoms. The van der Waals surface area contributed by atoms with Crippen molar-refractivity contribution in [3.63, 3.8) is 0 Å². The minimum absolute atomic E-state index is 0.127. The van der Waals surface area contributed by atoms with Crippen molar-refractivity contribution >= 4 is 17.9 Å². The number of allylic oxidation sites excluding steroid dienone is 1. The standard InChI is InChI=1S/C18H29N3O4/c1-2-25-18(24)21-12-10-20(11-13-21)17(23)14-16(22)19-9-8-15-6-4-3-5-7-15/h6H,2-5,7-14H2,1H3,(H,19,22). The van der Waals surface area contributed by atoms with Crippen molar-refractivity contribution in [2.45, 2.75) is 45.4 Å². The lowest BCUT2D eigenvalue weighted by atomic mass is 9.97. The Hall–Kier alpha value is -2.05. The Labute approximate surface area is 149 Å². The highest BCUT2D eigenvalue weighted by molar-refractivity contribution is 5.96. The largest absolute Gasteiger partial charge is 0.450 e. The molecule has 0 aromatic carbocycles. The molecule has 1 N–H and O–H groups in total. The van der Waals surface area contributed by atoms with Crippen LogP contribution in [0.5, 0.6) is 0 Å². The number of hydrogen-bond acceptors (Lipinski definition) is 4. The molecule has 0 spiro atoms. The SMILES string of the molecule is CCOC(=O)N1CCN(C(=O)CC(=O)NCCC2=CCCCC2)CC1. The summed E-state index contributed by atoms with van der Waals surface area (Å²) in [7, 11) is 0. The van der Waals surface area contributed by atoms with Crippen LogP contribution in [0.1, 0.15) is 45.4 Å². The number of amides is 3. The zero-order valence-electron chi connectivity index (χ0n) is 15.1. The summed E-state index contributed by atoms with van der Waals surface area (Å²) < 4.78 is 4.95. The van der Waals surface area contributed by atoms with Crippen molar-refractivity contribution in [3.05, 3.63) is 11.6 Å². The maximum atomic E-state index is 12.2. The zero-order valence-corrected chi connectivity index (χ0v) is 15.1. The average Bonchev–Trinajstić information content (AvgIpc) is 2.63. The minimum Gasteiger partial charge on any atom is -0.450 e. The molecule has 0 unspecified atom stereocenters. The van der Waals surface area contributed by atoms with E-state index < -0.39 is 0 Å². The summed E-state index contributed by atoms with van der Waals surface area (Å²) in [6.07, 6.45) is 7.42. The second-order valence-corrected chi connectivity index (χ2v) is 6.45. The maximum absolute atomic E-state index is 12.2. The molecule has 3 amide bonds. The number of ether oxygens (including phenoxy) is 1. The fourth-order valence-electron chi connectivity index (χ4n) is 3.16. The van der Waals surface area contributed by atoms with Gasteiger partial charge in [0, 0.05) is 32.7 Å². The van der Waals surface area contributed by atoms with Crippen LogP contribution >= 0.6 is 0 Å². The molecule has 1 fully saturated rings. The van der Waals surface area contributed by atoms with Gasteiger partial charge in [-0.05, 0) is 39.0 Å². The molecular formula is C18H29N3O4. The Morgan fingerprint density at radius 1 is 1.12 bits per heavy atom. The summed E-state index contributed by atoms with van der Waals surface area (Å²) in [5, 5.41) is 2.83. The topological polar surface area (TPSA) is 79.0 Å². The van der Waals surface area contributed by atoms with Crippen LogP contribution in [-0.4, -0.2) is 67.0 Å². The van der Waals surface area contributed by atoms with E-state index in [1.165, 1.54) is 18.4 Å². The number of carbonyl (C=O) groups excluding carboxylic acids is 3. The Kier molecular flexibility index (Phi) is 7.76. The first-order valence-electron chi connectivity index (χ1n) is 9.24. The first kappa shape index (κ1) is 19.3. The highest BCUT2D eigenvalue weighted by Gasteiger charge is 2.25. The van der Waals surface area contributed by atoms with Crippen LogP contribution in [0, 0.1) is 0 Å². The third kappa shape index (κ3) is 6.40. The summed E-state index contributed by atoms with van der Waals surface area (Å²) in [5.41, 5.74) is 1.41. The Morgan fingerprint density at radius 3 is 2.48 bits per heavy atom. The molecule has 7 nitrogen and oxygen atoms in total.